The predicted molar refractivity (Wildman–Crippen MR) is 256 cm³/mol. The maximum Gasteiger partial charge on any atom is 0.137 e. The van der Waals surface area contributed by atoms with Gasteiger partial charge in [0.2, 0.25) is 0 Å². The van der Waals surface area contributed by atoms with E-state index in [1.807, 2.05) is 18.3 Å². The highest BCUT2D eigenvalue weighted by atomic mass is 15.1. The zero-order chi connectivity index (χ0) is 40.0. The maximum atomic E-state index is 4.73. The van der Waals surface area contributed by atoms with Gasteiger partial charge in [-0.15, -0.1) is 0 Å². The minimum Gasteiger partial charge on any atom is -0.309 e. The van der Waals surface area contributed by atoms with Crippen LogP contribution in [0, 0.1) is 0 Å². The van der Waals surface area contributed by atoms with Crippen LogP contribution in [0.15, 0.2) is 219 Å². The Labute approximate surface area is 351 Å². The molecule has 0 spiro atoms. The normalized spacial score (nSPS) is 11.9. The Morgan fingerprint density at radius 1 is 0.279 bits per heavy atom. The molecule has 0 aliphatic rings. The molecule has 0 fully saturated rings. The van der Waals surface area contributed by atoms with Gasteiger partial charge in [-0.1, -0.05) is 133 Å². The van der Waals surface area contributed by atoms with Crippen LogP contribution in [-0.2, 0) is 0 Å². The molecule has 0 aliphatic heterocycles. The Morgan fingerprint density at radius 2 is 0.770 bits per heavy atom. The summed E-state index contributed by atoms with van der Waals surface area (Å²) in [7, 11) is 0. The summed E-state index contributed by atoms with van der Waals surface area (Å²) in [6.07, 6.45) is 1.86. The number of benzene rings is 9. The second-order valence-corrected chi connectivity index (χ2v) is 16.0. The molecule has 0 amide bonds. The van der Waals surface area contributed by atoms with Gasteiger partial charge in [0.05, 0.1) is 38.8 Å². The number of hydrogen-bond acceptors (Lipinski definition) is 1. The van der Waals surface area contributed by atoms with Crippen molar-refractivity contribution < 1.29 is 0 Å². The van der Waals surface area contributed by atoms with E-state index in [1.165, 1.54) is 93.1 Å². The van der Waals surface area contributed by atoms with E-state index in [9.17, 15) is 0 Å². The van der Waals surface area contributed by atoms with Gasteiger partial charge >= 0.3 is 0 Å². The van der Waals surface area contributed by atoms with E-state index in [4.69, 9.17) is 4.98 Å². The van der Waals surface area contributed by atoms with Gasteiger partial charge in [-0.3, -0.25) is 4.57 Å². The fourth-order valence-electron chi connectivity index (χ4n) is 9.93. The number of pyridine rings is 1. The Balaban J connectivity index is 0.984. The summed E-state index contributed by atoms with van der Waals surface area (Å²) in [5, 5.41) is 9.87. The molecule has 4 nitrogen and oxygen atoms in total. The van der Waals surface area contributed by atoms with Gasteiger partial charge in [0.15, 0.2) is 0 Å². The Kier molecular flexibility index (Phi) is 7.27. The van der Waals surface area contributed by atoms with Gasteiger partial charge in [-0.25, -0.2) is 4.98 Å². The van der Waals surface area contributed by atoms with Crippen LogP contribution in [0.2, 0.25) is 0 Å². The average molecular weight is 777 g/mol. The molecule has 0 radical (unpaired) electrons. The van der Waals surface area contributed by atoms with Crippen LogP contribution in [0.4, 0.5) is 0 Å². The summed E-state index contributed by atoms with van der Waals surface area (Å²) in [5.41, 5.74) is 14.1. The molecule has 61 heavy (non-hydrogen) atoms. The van der Waals surface area contributed by atoms with Crippen LogP contribution in [0.3, 0.4) is 0 Å². The van der Waals surface area contributed by atoms with Gasteiger partial charge in [0, 0.05) is 49.6 Å². The van der Waals surface area contributed by atoms with E-state index in [2.05, 4.69) is 214 Å². The van der Waals surface area contributed by atoms with E-state index in [0.29, 0.717) is 0 Å². The largest absolute Gasteiger partial charge is 0.309 e. The highest BCUT2D eigenvalue weighted by molar-refractivity contribution is 6.14. The van der Waals surface area contributed by atoms with Crippen molar-refractivity contribution in [3.63, 3.8) is 0 Å². The Bertz CT molecular complexity index is 3860. The maximum absolute atomic E-state index is 4.73. The monoisotopic (exact) mass is 776 g/mol. The predicted octanol–water partition coefficient (Wildman–Crippen LogP) is 14.9. The summed E-state index contributed by atoms with van der Waals surface area (Å²) < 4.78 is 7.14. The first-order valence-electron chi connectivity index (χ1n) is 20.9. The van der Waals surface area contributed by atoms with Crippen molar-refractivity contribution in [3.8, 4) is 39.4 Å². The molecule has 13 aromatic rings. The lowest BCUT2D eigenvalue weighted by molar-refractivity contribution is 1.08. The van der Waals surface area contributed by atoms with Crippen molar-refractivity contribution in [2.24, 2.45) is 0 Å². The number of rotatable bonds is 5. The molecular weight excluding hydrogens is 741 g/mol. The summed E-state index contributed by atoms with van der Waals surface area (Å²) in [5.74, 6) is 0.919. The van der Waals surface area contributed by atoms with Crippen molar-refractivity contribution in [1.82, 2.24) is 18.7 Å². The van der Waals surface area contributed by atoms with E-state index in [0.717, 1.165) is 22.5 Å². The van der Waals surface area contributed by atoms with Crippen LogP contribution in [0.5, 0.6) is 0 Å². The van der Waals surface area contributed by atoms with Crippen LogP contribution < -0.4 is 0 Å². The second-order valence-electron chi connectivity index (χ2n) is 16.0. The Morgan fingerprint density at radius 3 is 1.43 bits per heavy atom. The molecule has 0 aliphatic carbocycles. The first-order chi connectivity index (χ1) is 30.3. The lowest BCUT2D eigenvalue weighted by atomic mass is 9.99. The SMILES string of the molecule is c1ccc(-n2c3cc(-c4ccc5c(c4)c4ccccc4n5-c4ccccn4)ccc3c3ccc(-c4ccc5c(c4)c4ccccc4n5-c4cccc5ccccc45)cc32)cc1. The van der Waals surface area contributed by atoms with Crippen molar-refractivity contribution in [2.45, 2.75) is 0 Å². The topological polar surface area (TPSA) is 27.7 Å². The first kappa shape index (κ1) is 33.7. The highest BCUT2D eigenvalue weighted by Crippen LogP contribution is 2.41. The number of nitrogens with zero attached hydrogens (tertiary/aromatic N) is 4. The molecule has 0 saturated carbocycles. The van der Waals surface area contributed by atoms with Gasteiger partial charge < -0.3 is 9.13 Å². The molecule has 4 heteroatoms. The molecule has 0 atom stereocenters. The third-order valence-electron chi connectivity index (χ3n) is 12.7. The van der Waals surface area contributed by atoms with E-state index >= 15 is 0 Å². The first-order valence-corrected chi connectivity index (χ1v) is 20.9. The molecule has 0 N–H and O–H groups in total. The van der Waals surface area contributed by atoms with E-state index in [1.54, 1.807) is 0 Å². The zero-order valence-electron chi connectivity index (χ0n) is 33.1. The minimum absolute atomic E-state index is 0.919. The smallest absolute Gasteiger partial charge is 0.137 e. The van der Waals surface area contributed by atoms with Crippen LogP contribution in [0.25, 0.3) is 116 Å². The minimum atomic E-state index is 0.919. The van der Waals surface area contributed by atoms with Crippen molar-refractivity contribution in [3.05, 3.63) is 219 Å². The molecule has 4 aromatic heterocycles. The average Bonchev–Trinajstić information content (AvgIpc) is 3.96. The van der Waals surface area contributed by atoms with Crippen LogP contribution >= 0.6 is 0 Å². The number of aromatic nitrogens is 4. The van der Waals surface area contributed by atoms with Gasteiger partial charge in [-0.2, -0.15) is 0 Å². The van der Waals surface area contributed by atoms with Gasteiger partial charge in [0.1, 0.15) is 5.82 Å². The second kappa shape index (κ2) is 13.2. The third-order valence-corrected chi connectivity index (χ3v) is 12.7. The molecule has 284 valence electrons. The molecule has 0 bridgehead atoms. The number of fused-ring (bicyclic) bond motifs is 10. The lowest BCUT2D eigenvalue weighted by Gasteiger charge is -2.12. The van der Waals surface area contributed by atoms with E-state index < -0.39 is 0 Å². The van der Waals surface area contributed by atoms with Crippen molar-refractivity contribution >= 4 is 76.2 Å². The summed E-state index contributed by atoms with van der Waals surface area (Å²) in [6.45, 7) is 0. The molecule has 9 aromatic carbocycles. The molecule has 4 heterocycles. The standard InChI is InChI=1S/C57H36N4/c1-2-15-42(16-3-1)59-55-35-40(38-26-30-53-48(33-38)44-18-6-8-20-51(44)60(53)50-22-12-14-37-13-4-5-17-43(37)50)24-28-46(55)47-29-25-41(36-56(47)59)39-27-31-54-49(34-39)45-19-7-9-21-52(45)61(54)57-23-10-11-32-58-57/h1-36H. The molecular formula is C57H36N4. The quantitative estimate of drug-likeness (QED) is 0.171. The molecule has 0 saturated heterocycles. The fourth-order valence-corrected chi connectivity index (χ4v) is 9.93. The van der Waals surface area contributed by atoms with Crippen molar-refractivity contribution in [1.29, 1.82) is 0 Å². The third kappa shape index (κ3) is 5.09. The number of hydrogen-bond donors (Lipinski definition) is 0. The molecule has 13 rings (SSSR count). The summed E-state index contributed by atoms with van der Waals surface area (Å²) in [4.78, 5) is 4.73. The summed E-state index contributed by atoms with van der Waals surface area (Å²) >= 11 is 0. The Hall–Kier alpha value is -8.21. The fraction of sp³-hybridized carbons (Fsp3) is 0. The van der Waals surface area contributed by atoms with Gasteiger partial charge in [-0.05, 0) is 107 Å². The van der Waals surface area contributed by atoms with E-state index in [-0.39, 0.29) is 0 Å². The molecule has 0 unspecified atom stereocenters. The van der Waals surface area contributed by atoms with Crippen molar-refractivity contribution in [2.75, 3.05) is 0 Å². The summed E-state index contributed by atoms with van der Waals surface area (Å²) in [6, 6.07) is 77.3. The van der Waals surface area contributed by atoms with Crippen LogP contribution in [-0.4, -0.2) is 18.7 Å². The van der Waals surface area contributed by atoms with Gasteiger partial charge in [0.25, 0.3) is 0 Å². The highest BCUT2D eigenvalue weighted by Gasteiger charge is 2.19. The van der Waals surface area contributed by atoms with Crippen LogP contribution in [0.1, 0.15) is 0 Å². The zero-order valence-corrected chi connectivity index (χ0v) is 33.1. The lowest BCUT2D eigenvalue weighted by Crippen LogP contribution is -1.96. The number of para-hydroxylation sites is 3.